The van der Waals surface area contributed by atoms with E-state index in [9.17, 15) is 9.90 Å². The lowest BCUT2D eigenvalue weighted by atomic mass is 10.1. The summed E-state index contributed by atoms with van der Waals surface area (Å²) in [5.41, 5.74) is 1.32. The second-order valence-electron chi connectivity index (χ2n) is 5.11. The van der Waals surface area contributed by atoms with Crippen molar-refractivity contribution < 1.29 is 14.3 Å². The van der Waals surface area contributed by atoms with Crippen molar-refractivity contribution in [2.24, 2.45) is 0 Å². The van der Waals surface area contributed by atoms with Crippen LogP contribution in [0.2, 0.25) is 0 Å². The highest BCUT2D eigenvalue weighted by Crippen LogP contribution is 2.35. The van der Waals surface area contributed by atoms with Crippen LogP contribution in [0.1, 0.15) is 30.0 Å². The Bertz CT molecular complexity index is 696. The van der Waals surface area contributed by atoms with E-state index in [1.807, 2.05) is 0 Å². The lowest BCUT2D eigenvalue weighted by Gasteiger charge is -2.17. The van der Waals surface area contributed by atoms with E-state index in [1.54, 1.807) is 12.1 Å². The highest BCUT2D eigenvalue weighted by atomic mass is 79.9. The van der Waals surface area contributed by atoms with Gasteiger partial charge in [-0.3, -0.25) is 4.79 Å². The number of likely N-dealkylation sites (N-methyl/N-ethyl adjacent to an activating group) is 1. The second kappa shape index (κ2) is 8.28. The molecule has 0 unspecified atom stereocenters. The molecule has 0 aliphatic heterocycles. The summed E-state index contributed by atoms with van der Waals surface area (Å²) in [6, 6.07) is 3.45. The molecule has 0 saturated heterocycles. The summed E-state index contributed by atoms with van der Waals surface area (Å²) in [6.45, 7) is 7.39. The molecule has 1 aromatic carbocycles. The van der Waals surface area contributed by atoms with Crippen molar-refractivity contribution in [1.29, 1.82) is 0 Å². The first-order chi connectivity index (χ1) is 11.0. The van der Waals surface area contributed by atoms with Crippen molar-refractivity contribution in [3.8, 4) is 0 Å². The van der Waals surface area contributed by atoms with Gasteiger partial charge in [-0.25, -0.2) is 0 Å². The molecule has 5 nitrogen and oxygen atoms in total. The normalized spacial score (nSPS) is 11.4. The quantitative estimate of drug-likeness (QED) is 0.681. The molecule has 2 rings (SSSR count). The predicted molar refractivity (Wildman–Crippen MR) is 97.7 cm³/mol. The summed E-state index contributed by atoms with van der Waals surface area (Å²) < 4.78 is 7.10. The third-order valence-corrected chi connectivity index (χ3v) is 5.41. The summed E-state index contributed by atoms with van der Waals surface area (Å²) in [5.74, 6) is 0.0316. The van der Waals surface area contributed by atoms with Crippen LogP contribution in [-0.4, -0.2) is 42.1 Å². The number of hydrogen-bond acceptors (Lipinski definition) is 4. The highest BCUT2D eigenvalue weighted by Gasteiger charge is 2.17. The molecule has 0 radical (unpaired) electrons. The molecule has 0 aliphatic carbocycles. The SMILES string of the molecule is CCN(CC)CCNC(=O)c1cc2c(Br)c(CO)c(Br)cc2o1. The van der Waals surface area contributed by atoms with Gasteiger partial charge in [0.15, 0.2) is 5.76 Å². The molecule has 0 aliphatic rings. The third kappa shape index (κ3) is 4.15. The van der Waals surface area contributed by atoms with E-state index in [1.165, 1.54) is 0 Å². The average molecular weight is 448 g/mol. The molecule has 0 fully saturated rings. The van der Waals surface area contributed by atoms with Crippen molar-refractivity contribution in [2.45, 2.75) is 20.5 Å². The fourth-order valence-electron chi connectivity index (χ4n) is 2.36. The zero-order valence-corrected chi connectivity index (χ0v) is 16.3. The van der Waals surface area contributed by atoms with E-state index < -0.39 is 0 Å². The Morgan fingerprint density at radius 2 is 2.00 bits per heavy atom. The van der Waals surface area contributed by atoms with Gasteiger partial charge < -0.3 is 19.7 Å². The smallest absolute Gasteiger partial charge is 0.287 e. The van der Waals surface area contributed by atoms with Gasteiger partial charge in [-0.2, -0.15) is 0 Å². The Morgan fingerprint density at radius 3 is 2.61 bits per heavy atom. The summed E-state index contributed by atoms with van der Waals surface area (Å²) in [5, 5.41) is 13.1. The van der Waals surface area contributed by atoms with Crippen LogP contribution in [0.25, 0.3) is 11.0 Å². The van der Waals surface area contributed by atoms with Crippen molar-refractivity contribution >= 4 is 48.7 Å². The van der Waals surface area contributed by atoms with E-state index in [4.69, 9.17) is 4.42 Å². The number of fused-ring (bicyclic) bond motifs is 1. The van der Waals surface area contributed by atoms with Gasteiger partial charge >= 0.3 is 0 Å². The number of amides is 1. The van der Waals surface area contributed by atoms with Crippen LogP contribution < -0.4 is 5.32 Å². The number of nitrogens with one attached hydrogen (secondary N) is 1. The Kier molecular flexibility index (Phi) is 6.64. The number of halogens is 2. The number of carbonyl (C=O) groups is 1. The zero-order valence-electron chi connectivity index (χ0n) is 13.2. The van der Waals surface area contributed by atoms with Crippen LogP contribution in [-0.2, 0) is 6.61 Å². The van der Waals surface area contributed by atoms with E-state index >= 15 is 0 Å². The number of aliphatic hydroxyl groups is 1. The van der Waals surface area contributed by atoms with Gasteiger partial charge in [0, 0.05) is 33.0 Å². The summed E-state index contributed by atoms with van der Waals surface area (Å²) in [6.07, 6.45) is 0. The monoisotopic (exact) mass is 446 g/mol. The van der Waals surface area contributed by atoms with Gasteiger partial charge in [-0.15, -0.1) is 0 Å². The molecular weight excluding hydrogens is 428 g/mol. The molecule has 126 valence electrons. The molecule has 0 saturated carbocycles. The number of hydrogen-bond donors (Lipinski definition) is 2. The molecule has 0 bridgehead atoms. The number of benzene rings is 1. The third-order valence-electron chi connectivity index (χ3n) is 3.80. The maximum atomic E-state index is 12.2. The first kappa shape index (κ1) is 18.4. The van der Waals surface area contributed by atoms with Gasteiger partial charge in [0.1, 0.15) is 5.58 Å². The average Bonchev–Trinajstić information content (AvgIpc) is 2.96. The minimum atomic E-state index is -0.234. The topological polar surface area (TPSA) is 65.7 Å². The molecule has 7 heteroatoms. The van der Waals surface area contributed by atoms with E-state index in [0.29, 0.717) is 12.1 Å². The zero-order chi connectivity index (χ0) is 17.0. The van der Waals surface area contributed by atoms with Crippen molar-refractivity contribution in [3.63, 3.8) is 0 Å². The molecule has 2 N–H and O–H groups in total. The van der Waals surface area contributed by atoms with Crippen LogP contribution >= 0.6 is 31.9 Å². The number of carbonyl (C=O) groups excluding carboxylic acids is 1. The van der Waals surface area contributed by atoms with Crippen LogP contribution in [0.5, 0.6) is 0 Å². The van der Waals surface area contributed by atoms with Gasteiger partial charge in [0.05, 0.1) is 6.61 Å². The first-order valence-corrected chi connectivity index (χ1v) is 9.12. The molecule has 1 amide bonds. The lowest BCUT2D eigenvalue weighted by molar-refractivity contribution is 0.0923. The Morgan fingerprint density at radius 1 is 1.30 bits per heavy atom. The Hall–Kier alpha value is -0.890. The first-order valence-electron chi connectivity index (χ1n) is 7.53. The van der Waals surface area contributed by atoms with E-state index in [-0.39, 0.29) is 18.3 Å². The van der Waals surface area contributed by atoms with Crippen LogP contribution in [0.3, 0.4) is 0 Å². The van der Waals surface area contributed by atoms with Gasteiger partial charge in [0.2, 0.25) is 0 Å². The van der Waals surface area contributed by atoms with Gasteiger partial charge in [-0.1, -0.05) is 29.8 Å². The van der Waals surface area contributed by atoms with Gasteiger partial charge in [0.25, 0.3) is 5.91 Å². The largest absolute Gasteiger partial charge is 0.451 e. The highest BCUT2D eigenvalue weighted by molar-refractivity contribution is 9.11. The minimum Gasteiger partial charge on any atom is -0.451 e. The molecule has 1 heterocycles. The maximum Gasteiger partial charge on any atom is 0.287 e. The fraction of sp³-hybridized carbons (Fsp3) is 0.438. The van der Waals surface area contributed by atoms with Crippen LogP contribution in [0.4, 0.5) is 0 Å². The van der Waals surface area contributed by atoms with Crippen molar-refractivity contribution in [3.05, 3.63) is 32.4 Å². The summed E-state index contributed by atoms with van der Waals surface area (Å²) >= 11 is 6.85. The van der Waals surface area contributed by atoms with Crippen LogP contribution in [0.15, 0.2) is 25.5 Å². The van der Waals surface area contributed by atoms with E-state index in [2.05, 4.69) is 55.9 Å². The molecule has 23 heavy (non-hydrogen) atoms. The lowest BCUT2D eigenvalue weighted by Crippen LogP contribution is -2.34. The Labute approximate surface area is 152 Å². The Balaban J connectivity index is 2.14. The number of aliphatic hydroxyl groups excluding tert-OH is 1. The summed E-state index contributed by atoms with van der Waals surface area (Å²) in [4.78, 5) is 14.5. The summed E-state index contributed by atoms with van der Waals surface area (Å²) in [7, 11) is 0. The van der Waals surface area contributed by atoms with Gasteiger partial charge in [-0.05, 0) is 41.2 Å². The van der Waals surface area contributed by atoms with Crippen LogP contribution in [0, 0.1) is 0 Å². The van der Waals surface area contributed by atoms with Crippen molar-refractivity contribution in [2.75, 3.05) is 26.2 Å². The standard InChI is InChI=1S/C16H20Br2N2O3/c1-3-20(4-2)6-5-19-16(22)14-7-10-13(23-14)8-12(17)11(9-21)15(10)18/h7-8,21H,3-6,9H2,1-2H3,(H,19,22). The van der Waals surface area contributed by atoms with Crippen molar-refractivity contribution in [1.82, 2.24) is 10.2 Å². The molecule has 0 spiro atoms. The minimum absolute atomic E-state index is 0.103. The number of rotatable bonds is 7. The van der Waals surface area contributed by atoms with E-state index in [0.717, 1.165) is 39.5 Å². The predicted octanol–water partition coefficient (Wildman–Crippen LogP) is 3.52. The molecule has 2 aromatic rings. The second-order valence-corrected chi connectivity index (χ2v) is 6.76. The molecular formula is C16H20Br2N2O3. The molecule has 1 aromatic heterocycles. The number of furan rings is 1. The number of nitrogens with zero attached hydrogens (tertiary/aromatic N) is 1. The fourth-order valence-corrected chi connectivity index (χ4v) is 3.81. The molecule has 0 atom stereocenters. The maximum absolute atomic E-state index is 12.2.